The number of carbonyl (C=O) groups excluding carboxylic acids is 1. The SMILES string of the molecule is O=C(N[C@H]1CCCc2ccccc21)c1cc(-c2ccco2)[nH]n1. The molecule has 0 fully saturated rings. The average Bonchev–Trinajstić information content (AvgIpc) is 3.26. The lowest BCUT2D eigenvalue weighted by molar-refractivity contribution is 0.0927. The van der Waals surface area contributed by atoms with Crippen LogP contribution < -0.4 is 5.32 Å². The van der Waals surface area contributed by atoms with E-state index in [1.54, 1.807) is 18.4 Å². The number of fused-ring (bicyclic) bond motifs is 1. The van der Waals surface area contributed by atoms with Gasteiger partial charge in [0.15, 0.2) is 11.5 Å². The van der Waals surface area contributed by atoms with Crippen LogP contribution in [0, 0.1) is 0 Å². The molecule has 5 heteroatoms. The van der Waals surface area contributed by atoms with Crippen LogP contribution in [0.3, 0.4) is 0 Å². The fourth-order valence-corrected chi connectivity index (χ4v) is 3.13. The van der Waals surface area contributed by atoms with Gasteiger partial charge in [0.05, 0.1) is 12.3 Å². The van der Waals surface area contributed by atoms with Gasteiger partial charge in [-0.2, -0.15) is 5.10 Å². The van der Waals surface area contributed by atoms with Crippen LogP contribution in [0.25, 0.3) is 11.5 Å². The minimum atomic E-state index is -0.166. The van der Waals surface area contributed by atoms with Gasteiger partial charge in [0.25, 0.3) is 5.91 Å². The van der Waals surface area contributed by atoms with E-state index in [4.69, 9.17) is 4.42 Å². The molecule has 0 bridgehead atoms. The molecule has 0 unspecified atom stereocenters. The zero-order chi connectivity index (χ0) is 15.6. The zero-order valence-corrected chi connectivity index (χ0v) is 12.6. The van der Waals surface area contributed by atoms with Gasteiger partial charge in [-0.1, -0.05) is 24.3 Å². The van der Waals surface area contributed by atoms with Crippen molar-refractivity contribution < 1.29 is 9.21 Å². The van der Waals surface area contributed by atoms with Crippen LogP contribution in [0.1, 0.15) is 40.5 Å². The molecule has 2 aromatic heterocycles. The van der Waals surface area contributed by atoms with Gasteiger partial charge in [0.1, 0.15) is 5.69 Å². The second-order valence-corrected chi connectivity index (χ2v) is 5.76. The predicted octanol–water partition coefficient (Wildman–Crippen LogP) is 3.48. The Balaban J connectivity index is 1.53. The summed E-state index contributed by atoms with van der Waals surface area (Å²) in [7, 11) is 0. The summed E-state index contributed by atoms with van der Waals surface area (Å²) in [6, 6.07) is 13.7. The van der Waals surface area contributed by atoms with E-state index in [0.717, 1.165) is 19.3 Å². The lowest BCUT2D eigenvalue weighted by Crippen LogP contribution is -2.31. The number of rotatable bonds is 3. The summed E-state index contributed by atoms with van der Waals surface area (Å²) in [5.41, 5.74) is 3.61. The van der Waals surface area contributed by atoms with Gasteiger partial charge in [-0.3, -0.25) is 9.89 Å². The molecule has 1 aliphatic rings. The molecule has 116 valence electrons. The van der Waals surface area contributed by atoms with Gasteiger partial charge in [-0.05, 0) is 42.5 Å². The molecule has 1 aromatic carbocycles. The minimum absolute atomic E-state index is 0.0520. The molecule has 0 radical (unpaired) electrons. The van der Waals surface area contributed by atoms with Gasteiger partial charge in [-0.25, -0.2) is 0 Å². The first-order valence-electron chi connectivity index (χ1n) is 7.79. The minimum Gasteiger partial charge on any atom is -0.463 e. The monoisotopic (exact) mass is 307 g/mol. The van der Waals surface area contributed by atoms with Crippen molar-refractivity contribution in [2.24, 2.45) is 0 Å². The molecule has 0 saturated heterocycles. The molecule has 0 saturated carbocycles. The van der Waals surface area contributed by atoms with Crippen LogP contribution in [0.5, 0.6) is 0 Å². The zero-order valence-electron chi connectivity index (χ0n) is 12.6. The Labute approximate surface area is 133 Å². The summed E-state index contributed by atoms with van der Waals surface area (Å²) in [6.45, 7) is 0. The van der Waals surface area contributed by atoms with E-state index >= 15 is 0 Å². The number of benzene rings is 1. The lowest BCUT2D eigenvalue weighted by Gasteiger charge is -2.26. The molecular weight excluding hydrogens is 290 g/mol. The normalized spacial score (nSPS) is 16.8. The molecule has 1 aliphatic carbocycles. The number of nitrogens with one attached hydrogen (secondary N) is 2. The second kappa shape index (κ2) is 5.76. The van der Waals surface area contributed by atoms with Crippen molar-refractivity contribution in [3.63, 3.8) is 0 Å². The summed E-state index contributed by atoms with van der Waals surface area (Å²) in [6.07, 6.45) is 4.71. The third-order valence-corrected chi connectivity index (χ3v) is 4.27. The molecule has 5 nitrogen and oxygen atoms in total. The number of hydrogen-bond acceptors (Lipinski definition) is 3. The highest BCUT2D eigenvalue weighted by Gasteiger charge is 2.23. The second-order valence-electron chi connectivity index (χ2n) is 5.76. The smallest absolute Gasteiger partial charge is 0.272 e. The van der Waals surface area contributed by atoms with E-state index in [-0.39, 0.29) is 11.9 Å². The number of aromatic nitrogens is 2. The number of aromatic amines is 1. The van der Waals surface area contributed by atoms with E-state index in [1.165, 1.54) is 11.1 Å². The maximum absolute atomic E-state index is 12.5. The van der Waals surface area contributed by atoms with Gasteiger partial charge in [-0.15, -0.1) is 0 Å². The summed E-state index contributed by atoms with van der Waals surface area (Å²) >= 11 is 0. The summed E-state index contributed by atoms with van der Waals surface area (Å²) in [4.78, 5) is 12.5. The molecule has 1 amide bonds. The Bertz CT molecular complexity index is 820. The average molecular weight is 307 g/mol. The highest BCUT2D eigenvalue weighted by Crippen LogP contribution is 2.29. The van der Waals surface area contributed by atoms with Crippen LogP contribution in [0.2, 0.25) is 0 Å². The van der Waals surface area contributed by atoms with Gasteiger partial charge < -0.3 is 9.73 Å². The van der Waals surface area contributed by atoms with Gasteiger partial charge >= 0.3 is 0 Å². The number of nitrogens with zero attached hydrogens (tertiary/aromatic N) is 1. The molecule has 1 atom stereocenters. The number of H-pyrrole nitrogens is 1. The Hall–Kier alpha value is -2.82. The lowest BCUT2D eigenvalue weighted by atomic mass is 9.87. The van der Waals surface area contributed by atoms with Crippen LogP contribution in [-0.4, -0.2) is 16.1 Å². The molecule has 0 aliphatic heterocycles. The molecule has 0 spiro atoms. The van der Waals surface area contributed by atoms with E-state index in [2.05, 4.69) is 27.6 Å². The molecule has 3 aromatic rings. The predicted molar refractivity (Wildman–Crippen MR) is 85.9 cm³/mol. The summed E-state index contributed by atoms with van der Waals surface area (Å²) in [5, 5.41) is 10.0. The van der Waals surface area contributed by atoms with E-state index in [0.29, 0.717) is 17.1 Å². The number of aryl methyl sites for hydroxylation is 1. The van der Waals surface area contributed by atoms with Crippen LogP contribution >= 0.6 is 0 Å². The van der Waals surface area contributed by atoms with Crippen LogP contribution in [0.15, 0.2) is 53.1 Å². The first-order chi connectivity index (χ1) is 11.3. The maximum Gasteiger partial charge on any atom is 0.272 e. The van der Waals surface area contributed by atoms with Crippen molar-refractivity contribution in [1.82, 2.24) is 15.5 Å². The Kier molecular flexibility index (Phi) is 3.46. The van der Waals surface area contributed by atoms with Crippen molar-refractivity contribution in [3.8, 4) is 11.5 Å². The number of amides is 1. The van der Waals surface area contributed by atoms with Crippen LogP contribution in [-0.2, 0) is 6.42 Å². The molecular formula is C18H17N3O2. The Morgan fingerprint density at radius 3 is 3.04 bits per heavy atom. The highest BCUT2D eigenvalue weighted by molar-refractivity contribution is 5.93. The van der Waals surface area contributed by atoms with E-state index in [9.17, 15) is 4.79 Å². The fourth-order valence-electron chi connectivity index (χ4n) is 3.13. The number of carbonyl (C=O) groups is 1. The largest absolute Gasteiger partial charge is 0.463 e. The maximum atomic E-state index is 12.5. The van der Waals surface area contributed by atoms with E-state index < -0.39 is 0 Å². The summed E-state index contributed by atoms with van der Waals surface area (Å²) < 4.78 is 5.31. The molecule has 23 heavy (non-hydrogen) atoms. The Morgan fingerprint density at radius 2 is 2.17 bits per heavy atom. The van der Waals surface area contributed by atoms with Crippen molar-refractivity contribution in [2.75, 3.05) is 0 Å². The van der Waals surface area contributed by atoms with Crippen LogP contribution in [0.4, 0.5) is 0 Å². The van der Waals surface area contributed by atoms with Gasteiger partial charge in [0, 0.05) is 6.07 Å². The quantitative estimate of drug-likeness (QED) is 0.778. The first-order valence-corrected chi connectivity index (χ1v) is 7.79. The van der Waals surface area contributed by atoms with Crippen molar-refractivity contribution in [2.45, 2.75) is 25.3 Å². The van der Waals surface area contributed by atoms with Gasteiger partial charge in [0.2, 0.25) is 0 Å². The molecule has 2 N–H and O–H groups in total. The first kappa shape index (κ1) is 13.8. The molecule has 4 rings (SSSR count). The third kappa shape index (κ3) is 2.65. The van der Waals surface area contributed by atoms with Crippen molar-refractivity contribution in [3.05, 3.63) is 65.5 Å². The highest BCUT2D eigenvalue weighted by atomic mass is 16.3. The van der Waals surface area contributed by atoms with Crippen molar-refractivity contribution >= 4 is 5.91 Å². The summed E-state index contributed by atoms with van der Waals surface area (Å²) in [5.74, 6) is 0.500. The number of furan rings is 1. The Morgan fingerprint density at radius 1 is 1.26 bits per heavy atom. The van der Waals surface area contributed by atoms with Crippen molar-refractivity contribution in [1.29, 1.82) is 0 Å². The number of hydrogen-bond donors (Lipinski definition) is 2. The fraction of sp³-hybridized carbons (Fsp3) is 0.222. The molecule has 2 heterocycles. The topological polar surface area (TPSA) is 70.9 Å². The standard InChI is InChI=1S/C18H17N3O2/c22-18(16-11-15(20-21-16)17-9-4-10-23-17)19-14-8-3-6-12-5-1-2-7-13(12)14/h1-2,4-5,7,9-11,14H,3,6,8H2,(H,19,22)(H,20,21)/t14-/m0/s1. The van der Waals surface area contributed by atoms with E-state index in [1.807, 2.05) is 18.2 Å². The third-order valence-electron chi connectivity index (χ3n) is 4.27.